The largest absolute Gasteiger partial charge is 0.340 e. The average molecular weight is 218 g/mol. The second-order valence-electron chi connectivity index (χ2n) is 3.25. The summed E-state index contributed by atoms with van der Waals surface area (Å²) in [6, 6.07) is 0. The van der Waals surface area contributed by atoms with E-state index in [1.165, 1.54) is 0 Å². The lowest BCUT2D eigenvalue weighted by Gasteiger charge is -1.78. The highest BCUT2D eigenvalue weighted by molar-refractivity contribution is 5.70. The number of nitrogens with zero attached hydrogens (tertiary/aromatic N) is 4. The minimum absolute atomic E-state index is 0.479. The van der Waals surface area contributed by atoms with E-state index in [9.17, 15) is 4.79 Å². The van der Waals surface area contributed by atoms with Gasteiger partial charge < -0.3 is 9.13 Å². The predicted molar refractivity (Wildman–Crippen MR) is 61.9 cm³/mol. The summed E-state index contributed by atoms with van der Waals surface area (Å²) in [6.45, 7) is 3.57. The van der Waals surface area contributed by atoms with Crippen LogP contribution in [0.25, 0.3) is 6.08 Å². The third-order valence-corrected chi connectivity index (χ3v) is 1.78. The zero-order valence-electron chi connectivity index (χ0n) is 9.37. The van der Waals surface area contributed by atoms with Gasteiger partial charge in [0.2, 0.25) is 0 Å². The van der Waals surface area contributed by atoms with E-state index in [1.54, 1.807) is 29.5 Å². The minimum atomic E-state index is 0.479. The maximum Gasteiger partial charge on any atom is 0.169 e. The topological polar surface area (TPSA) is 52.7 Å². The smallest absolute Gasteiger partial charge is 0.169 e. The molecule has 0 unspecified atom stereocenters. The van der Waals surface area contributed by atoms with Gasteiger partial charge in [-0.3, -0.25) is 4.79 Å². The highest BCUT2D eigenvalue weighted by atomic mass is 16.1. The van der Waals surface area contributed by atoms with Gasteiger partial charge in [0, 0.05) is 26.5 Å². The zero-order valence-corrected chi connectivity index (χ0v) is 9.37. The molecule has 0 spiro atoms. The van der Waals surface area contributed by atoms with Crippen LogP contribution in [-0.4, -0.2) is 25.4 Å². The molecule has 2 rings (SSSR count). The van der Waals surface area contributed by atoms with E-state index >= 15 is 0 Å². The highest BCUT2D eigenvalue weighted by Gasteiger charge is 1.88. The molecule has 0 radical (unpaired) electrons. The number of aldehydes is 1. The third-order valence-electron chi connectivity index (χ3n) is 1.78. The van der Waals surface area contributed by atoms with Crippen LogP contribution in [0.2, 0.25) is 0 Å². The summed E-state index contributed by atoms with van der Waals surface area (Å²) in [5.74, 6) is 0. The molecule has 0 saturated carbocycles. The standard InChI is InChI=1S/C6H8N2.C5H6N2O/c1-3-6-4-8(2)5-7-6;1-7-2-5(3-8)6-4-7/h3-5H,1H2,2H3;2-4H,1H3. The molecule has 0 amide bonds. The fraction of sp³-hybridized carbons (Fsp3) is 0.182. The van der Waals surface area contributed by atoms with E-state index in [4.69, 9.17) is 0 Å². The van der Waals surface area contributed by atoms with Gasteiger partial charge in [-0.15, -0.1) is 0 Å². The van der Waals surface area contributed by atoms with Gasteiger partial charge in [0.05, 0.1) is 18.3 Å². The summed E-state index contributed by atoms with van der Waals surface area (Å²) in [7, 11) is 3.75. The molecule has 16 heavy (non-hydrogen) atoms. The van der Waals surface area contributed by atoms with Crippen LogP contribution in [-0.2, 0) is 14.1 Å². The van der Waals surface area contributed by atoms with Gasteiger partial charge in [0.25, 0.3) is 0 Å². The van der Waals surface area contributed by atoms with Crippen LogP contribution < -0.4 is 0 Å². The fourth-order valence-corrected chi connectivity index (χ4v) is 1.03. The van der Waals surface area contributed by atoms with Crippen molar-refractivity contribution in [2.24, 2.45) is 14.1 Å². The lowest BCUT2D eigenvalue weighted by atomic mass is 10.5. The molecule has 5 nitrogen and oxygen atoms in total. The predicted octanol–water partition coefficient (Wildman–Crippen LogP) is 1.30. The lowest BCUT2D eigenvalue weighted by molar-refractivity contribution is 0.111. The number of hydrogen-bond acceptors (Lipinski definition) is 3. The van der Waals surface area contributed by atoms with Gasteiger partial charge in [-0.1, -0.05) is 6.58 Å². The molecule has 84 valence electrons. The summed E-state index contributed by atoms with van der Waals surface area (Å²) in [5, 5.41) is 0. The molecule has 0 aromatic carbocycles. The first-order valence-electron chi connectivity index (χ1n) is 4.69. The van der Waals surface area contributed by atoms with E-state index in [0.29, 0.717) is 5.69 Å². The van der Waals surface area contributed by atoms with Crippen molar-refractivity contribution in [2.75, 3.05) is 0 Å². The first-order valence-corrected chi connectivity index (χ1v) is 4.69. The number of aryl methyl sites for hydroxylation is 2. The molecular formula is C11H14N4O. The van der Waals surface area contributed by atoms with Crippen molar-refractivity contribution < 1.29 is 4.79 Å². The Bertz CT molecular complexity index is 426. The number of aromatic nitrogens is 4. The van der Waals surface area contributed by atoms with Gasteiger partial charge >= 0.3 is 0 Å². The van der Waals surface area contributed by atoms with Gasteiger partial charge in [-0.25, -0.2) is 9.97 Å². The summed E-state index contributed by atoms with van der Waals surface area (Å²) >= 11 is 0. The van der Waals surface area contributed by atoms with Gasteiger partial charge in [-0.2, -0.15) is 0 Å². The van der Waals surface area contributed by atoms with Gasteiger partial charge in [-0.05, 0) is 6.08 Å². The maximum absolute atomic E-state index is 9.94. The number of imidazole rings is 2. The van der Waals surface area contributed by atoms with E-state index < -0.39 is 0 Å². The molecule has 2 aromatic heterocycles. The monoisotopic (exact) mass is 218 g/mol. The van der Waals surface area contributed by atoms with Crippen molar-refractivity contribution in [3.63, 3.8) is 0 Å². The molecule has 0 aliphatic rings. The molecule has 0 aliphatic heterocycles. The Morgan fingerprint density at radius 2 is 1.62 bits per heavy atom. The fourth-order valence-electron chi connectivity index (χ4n) is 1.03. The van der Waals surface area contributed by atoms with Gasteiger partial charge in [0.15, 0.2) is 6.29 Å². The Labute approximate surface area is 94.1 Å². The molecule has 0 bridgehead atoms. The summed E-state index contributed by atoms with van der Waals surface area (Å²) in [4.78, 5) is 17.7. The molecule has 0 saturated heterocycles. The van der Waals surface area contributed by atoms with Crippen LogP contribution >= 0.6 is 0 Å². The average Bonchev–Trinajstić information content (AvgIpc) is 2.88. The minimum Gasteiger partial charge on any atom is -0.340 e. The molecule has 0 N–H and O–H groups in total. The Hall–Kier alpha value is -2.17. The van der Waals surface area contributed by atoms with Crippen molar-refractivity contribution >= 4 is 12.4 Å². The summed E-state index contributed by atoms with van der Waals surface area (Å²) in [5.41, 5.74) is 1.40. The van der Waals surface area contributed by atoms with Crippen molar-refractivity contribution in [3.05, 3.63) is 43.0 Å². The third kappa shape index (κ3) is 3.53. The maximum atomic E-state index is 9.94. The first kappa shape index (κ1) is 11.9. The zero-order chi connectivity index (χ0) is 12.0. The first-order chi connectivity index (χ1) is 7.65. The Balaban J connectivity index is 0.000000160. The molecule has 0 fully saturated rings. The molecule has 0 aliphatic carbocycles. The number of hydrogen-bond donors (Lipinski definition) is 0. The second kappa shape index (κ2) is 5.65. The SMILES string of the molecule is C=Cc1cn(C)cn1.Cn1cnc(C=O)c1. The van der Waals surface area contributed by atoms with Crippen LogP contribution in [0.15, 0.2) is 31.6 Å². The molecule has 2 aromatic rings. The number of rotatable bonds is 2. The normalized spacial score (nSPS) is 9.12. The number of carbonyl (C=O) groups is 1. The van der Waals surface area contributed by atoms with Crippen LogP contribution in [0.3, 0.4) is 0 Å². The summed E-state index contributed by atoms with van der Waals surface area (Å²) in [6.07, 6.45) is 9.35. The van der Waals surface area contributed by atoms with Crippen LogP contribution in [0.1, 0.15) is 16.2 Å². The van der Waals surface area contributed by atoms with E-state index in [-0.39, 0.29) is 0 Å². The molecule has 5 heteroatoms. The van der Waals surface area contributed by atoms with Crippen molar-refractivity contribution in [1.29, 1.82) is 0 Å². The number of carbonyl (C=O) groups excluding carboxylic acids is 1. The van der Waals surface area contributed by atoms with E-state index in [1.807, 2.05) is 24.9 Å². The lowest BCUT2D eigenvalue weighted by Crippen LogP contribution is -1.78. The summed E-state index contributed by atoms with van der Waals surface area (Å²) < 4.78 is 3.61. The Morgan fingerprint density at radius 3 is 1.81 bits per heavy atom. The second-order valence-corrected chi connectivity index (χ2v) is 3.25. The van der Waals surface area contributed by atoms with Crippen molar-refractivity contribution in [2.45, 2.75) is 0 Å². The highest BCUT2D eigenvalue weighted by Crippen LogP contribution is 1.92. The van der Waals surface area contributed by atoms with Crippen molar-refractivity contribution in [1.82, 2.24) is 19.1 Å². The molecule has 2 heterocycles. The molecule has 0 atom stereocenters. The quantitative estimate of drug-likeness (QED) is 0.714. The van der Waals surface area contributed by atoms with Crippen LogP contribution in [0, 0.1) is 0 Å². The van der Waals surface area contributed by atoms with Gasteiger partial charge in [0.1, 0.15) is 5.69 Å². The Kier molecular flexibility index (Phi) is 4.20. The van der Waals surface area contributed by atoms with Crippen LogP contribution in [0.5, 0.6) is 0 Å². The Morgan fingerprint density at radius 1 is 1.12 bits per heavy atom. The van der Waals surface area contributed by atoms with Crippen molar-refractivity contribution in [3.8, 4) is 0 Å². The molecular weight excluding hydrogens is 204 g/mol. The van der Waals surface area contributed by atoms with E-state index in [0.717, 1.165) is 12.0 Å². The van der Waals surface area contributed by atoms with E-state index in [2.05, 4.69) is 16.5 Å². The van der Waals surface area contributed by atoms with Crippen LogP contribution in [0.4, 0.5) is 0 Å².